The molecule has 5 aliphatic rings. The van der Waals surface area contributed by atoms with Gasteiger partial charge in [-0.2, -0.15) is 4.98 Å². The smallest absolute Gasteiger partial charge is 0.282 e. The van der Waals surface area contributed by atoms with Crippen molar-refractivity contribution in [1.82, 2.24) is 19.8 Å². The van der Waals surface area contributed by atoms with Crippen molar-refractivity contribution < 1.29 is 0 Å². The number of aromatic nitrogens is 2. The molecular weight excluding hydrogens is 480 g/mol. The third-order valence-corrected chi connectivity index (χ3v) is 10.9. The lowest BCUT2D eigenvalue weighted by molar-refractivity contribution is 0.134. The summed E-state index contributed by atoms with van der Waals surface area (Å²) in [4.78, 5) is 20.8. The quantitative estimate of drug-likeness (QED) is 0.488. The number of likely N-dealkylation sites (tertiary alicyclic amines) is 1. The highest BCUT2D eigenvalue weighted by atomic mass is 35.5. The Morgan fingerprint density at radius 3 is 2.57 bits per heavy atom. The van der Waals surface area contributed by atoms with Crippen molar-refractivity contribution in [2.24, 2.45) is 5.92 Å². The van der Waals surface area contributed by atoms with Gasteiger partial charge in [-0.25, -0.2) is 0 Å². The van der Waals surface area contributed by atoms with Crippen LogP contribution in [0.3, 0.4) is 0 Å². The molecule has 3 atom stereocenters. The zero-order valence-corrected chi connectivity index (χ0v) is 22.1. The van der Waals surface area contributed by atoms with Gasteiger partial charge in [0.2, 0.25) is 0 Å². The molecule has 2 saturated heterocycles. The Balaban J connectivity index is 1.19. The maximum Gasteiger partial charge on any atom is 0.282 e. The van der Waals surface area contributed by atoms with Gasteiger partial charge in [0.25, 0.3) is 5.56 Å². The van der Waals surface area contributed by atoms with Crippen LogP contribution in [0.2, 0.25) is 5.02 Å². The molecule has 192 valence electrons. The largest absolute Gasteiger partial charge is 0.312 e. The average molecular weight is 515 g/mol. The van der Waals surface area contributed by atoms with Crippen molar-refractivity contribution in [3.05, 3.63) is 68.7 Å². The normalized spacial score (nSPS) is 28.7. The van der Waals surface area contributed by atoms with Gasteiger partial charge in [0.05, 0.1) is 27.0 Å². The number of hydrogen-bond donors (Lipinski definition) is 1. The molecule has 8 rings (SSSR count). The molecule has 1 N–H and O–H groups in total. The fourth-order valence-corrected chi connectivity index (χ4v) is 9.10. The molecule has 1 aromatic heterocycles. The minimum Gasteiger partial charge on any atom is -0.312 e. The summed E-state index contributed by atoms with van der Waals surface area (Å²) >= 11 is 6.55. The molecular formula is C31H35ClN4O. The Bertz CT molecular complexity index is 1430. The minimum absolute atomic E-state index is 0.153. The lowest BCUT2D eigenvalue weighted by Gasteiger charge is -2.38. The summed E-state index contributed by atoms with van der Waals surface area (Å²) in [5.41, 5.74) is 4.60. The van der Waals surface area contributed by atoms with Crippen LogP contribution in [0, 0.1) is 5.92 Å². The van der Waals surface area contributed by atoms with Gasteiger partial charge in [0.15, 0.2) is 0 Å². The Kier molecular flexibility index (Phi) is 5.16. The summed E-state index contributed by atoms with van der Waals surface area (Å²) in [7, 11) is 0. The highest BCUT2D eigenvalue weighted by molar-refractivity contribution is 6.35. The van der Waals surface area contributed by atoms with Gasteiger partial charge in [-0.05, 0) is 99.3 Å². The highest BCUT2D eigenvalue weighted by Crippen LogP contribution is 2.52. The standard InChI is InChI=1S/C31H35ClN4O/c32-23-5-4-6-25-27(23)29(37)34-30-31(13-2-1-3-14-31)22-9-7-20(17-26(22)36(25)30)19-11-15-35(16-12-19)28-21-8-10-24(28)33-18-21/h4-7,9,17,19,21,24,28,33H,1-3,8,10-16,18H2. The van der Waals surface area contributed by atoms with E-state index in [4.69, 9.17) is 16.6 Å². The molecule has 37 heavy (non-hydrogen) atoms. The summed E-state index contributed by atoms with van der Waals surface area (Å²) in [5.74, 6) is 2.39. The fourth-order valence-electron chi connectivity index (χ4n) is 8.85. The fraction of sp³-hybridized carbons (Fsp3) is 0.548. The lowest BCUT2D eigenvalue weighted by atomic mass is 9.69. The predicted octanol–water partition coefficient (Wildman–Crippen LogP) is 5.53. The van der Waals surface area contributed by atoms with E-state index in [0.29, 0.717) is 16.3 Å². The Labute approximate surface area is 223 Å². The van der Waals surface area contributed by atoms with Crippen molar-refractivity contribution in [3.63, 3.8) is 0 Å². The van der Waals surface area contributed by atoms with Gasteiger partial charge in [-0.15, -0.1) is 0 Å². The second-order valence-electron chi connectivity index (χ2n) is 12.3. The molecule has 4 fully saturated rings. The minimum atomic E-state index is -0.187. The maximum atomic E-state index is 13.2. The zero-order valence-electron chi connectivity index (χ0n) is 21.4. The molecule has 0 radical (unpaired) electrons. The molecule has 2 aromatic carbocycles. The number of hydrogen-bond acceptors (Lipinski definition) is 4. The number of nitrogens with zero attached hydrogens (tertiary/aromatic N) is 3. The second-order valence-corrected chi connectivity index (χ2v) is 12.7. The van der Waals surface area contributed by atoms with Gasteiger partial charge < -0.3 is 5.32 Å². The SMILES string of the molecule is O=c1nc2n(c3cccc(Cl)c13)-c1cc(C3CCN(C4C5CCC4NC5)CC3)ccc1C21CCCCC1. The maximum absolute atomic E-state index is 13.2. The average Bonchev–Trinajstić information content (AvgIpc) is 3.60. The topological polar surface area (TPSA) is 50.2 Å². The van der Waals surface area contributed by atoms with Crippen molar-refractivity contribution in [3.8, 4) is 5.69 Å². The Morgan fingerprint density at radius 1 is 1.00 bits per heavy atom. The second kappa shape index (κ2) is 8.39. The third kappa shape index (κ3) is 3.23. The van der Waals surface area contributed by atoms with Crippen molar-refractivity contribution >= 4 is 22.5 Å². The van der Waals surface area contributed by atoms with Crippen LogP contribution in [0.1, 0.15) is 80.7 Å². The van der Waals surface area contributed by atoms with Gasteiger partial charge >= 0.3 is 0 Å². The molecule has 2 bridgehead atoms. The third-order valence-electron chi connectivity index (χ3n) is 10.6. The van der Waals surface area contributed by atoms with Crippen LogP contribution >= 0.6 is 11.6 Å². The van der Waals surface area contributed by atoms with E-state index >= 15 is 0 Å². The number of nitrogens with one attached hydrogen (secondary N) is 1. The van der Waals surface area contributed by atoms with Crippen molar-refractivity contribution in [2.45, 2.75) is 81.2 Å². The highest BCUT2D eigenvalue weighted by Gasteiger charge is 2.47. The molecule has 3 aromatic rings. The summed E-state index contributed by atoms with van der Waals surface area (Å²) in [6, 6.07) is 14.5. The first-order valence-electron chi connectivity index (χ1n) is 14.5. The van der Waals surface area contributed by atoms with Gasteiger partial charge in [0.1, 0.15) is 5.82 Å². The Hall–Kier alpha value is -2.21. The molecule has 3 unspecified atom stereocenters. The summed E-state index contributed by atoms with van der Waals surface area (Å²) in [6.07, 6.45) is 11.0. The Morgan fingerprint density at radius 2 is 1.84 bits per heavy atom. The zero-order chi connectivity index (χ0) is 24.7. The van der Waals surface area contributed by atoms with Crippen LogP contribution < -0.4 is 10.9 Å². The van der Waals surface area contributed by atoms with Gasteiger partial charge in [-0.3, -0.25) is 14.3 Å². The molecule has 2 saturated carbocycles. The van der Waals surface area contributed by atoms with Crippen LogP contribution in [-0.2, 0) is 5.41 Å². The lowest BCUT2D eigenvalue weighted by Crippen LogP contribution is -2.46. The predicted molar refractivity (Wildman–Crippen MR) is 148 cm³/mol. The number of benzene rings is 2. The van der Waals surface area contributed by atoms with Crippen molar-refractivity contribution in [1.29, 1.82) is 0 Å². The summed E-state index contributed by atoms with van der Waals surface area (Å²) in [6.45, 7) is 3.62. The molecule has 0 amide bonds. The van der Waals surface area contributed by atoms with E-state index in [-0.39, 0.29) is 11.0 Å². The van der Waals surface area contributed by atoms with E-state index in [2.05, 4.69) is 39.0 Å². The van der Waals surface area contributed by atoms with Crippen LogP contribution in [0.25, 0.3) is 16.6 Å². The van der Waals surface area contributed by atoms with Gasteiger partial charge in [0, 0.05) is 12.1 Å². The summed E-state index contributed by atoms with van der Waals surface area (Å²) < 4.78 is 2.30. The summed E-state index contributed by atoms with van der Waals surface area (Å²) in [5, 5.41) is 4.79. The number of rotatable bonds is 2. The number of fused-ring (bicyclic) bond motifs is 9. The van der Waals surface area contributed by atoms with Gasteiger partial charge in [-0.1, -0.05) is 49.1 Å². The van der Waals surface area contributed by atoms with E-state index < -0.39 is 0 Å². The molecule has 2 aliphatic carbocycles. The van der Waals surface area contributed by atoms with E-state index in [1.165, 1.54) is 81.4 Å². The molecule has 3 aliphatic heterocycles. The molecule has 1 spiro atoms. The molecule has 4 heterocycles. The first kappa shape index (κ1) is 22.7. The molecule has 5 nitrogen and oxygen atoms in total. The van der Waals surface area contributed by atoms with Crippen LogP contribution in [0.5, 0.6) is 0 Å². The number of halogens is 1. The van der Waals surface area contributed by atoms with E-state index in [0.717, 1.165) is 42.2 Å². The van der Waals surface area contributed by atoms with Crippen LogP contribution in [-0.4, -0.2) is 46.2 Å². The monoisotopic (exact) mass is 514 g/mol. The molecule has 6 heteroatoms. The van der Waals surface area contributed by atoms with E-state index in [1.807, 2.05) is 12.1 Å². The van der Waals surface area contributed by atoms with Crippen LogP contribution in [0.15, 0.2) is 41.2 Å². The van der Waals surface area contributed by atoms with E-state index in [9.17, 15) is 4.79 Å². The first-order valence-corrected chi connectivity index (χ1v) is 14.9. The van der Waals surface area contributed by atoms with Crippen molar-refractivity contribution in [2.75, 3.05) is 19.6 Å². The number of piperidine rings is 2. The van der Waals surface area contributed by atoms with E-state index in [1.54, 1.807) is 0 Å². The van der Waals surface area contributed by atoms with Crippen LogP contribution in [0.4, 0.5) is 0 Å². The first-order chi connectivity index (χ1) is 18.1.